The molecule has 4 aromatic rings. The number of rotatable bonds is 4. The van der Waals surface area contributed by atoms with Crippen molar-refractivity contribution < 1.29 is 14.1 Å². The second kappa shape index (κ2) is 8.15. The highest BCUT2D eigenvalue weighted by Crippen LogP contribution is 2.29. The third-order valence-corrected chi connectivity index (χ3v) is 6.19. The number of aromatic nitrogens is 2. The minimum atomic E-state index is 0.0747. The van der Waals surface area contributed by atoms with E-state index in [9.17, 15) is 4.79 Å². The summed E-state index contributed by atoms with van der Waals surface area (Å²) in [5, 5.41) is 6.15. The predicted molar refractivity (Wildman–Crippen MR) is 124 cm³/mol. The normalized spacial score (nSPS) is 14.3. The molecule has 0 radical (unpaired) electrons. The summed E-state index contributed by atoms with van der Waals surface area (Å²) in [5.74, 6) is 1.77. The Morgan fingerprint density at radius 3 is 2.66 bits per heavy atom. The van der Waals surface area contributed by atoms with E-state index >= 15 is 0 Å². The van der Waals surface area contributed by atoms with E-state index < -0.39 is 0 Å². The van der Waals surface area contributed by atoms with Crippen LogP contribution in [0.1, 0.15) is 16.8 Å². The number of ether oxygens (including phenoxy) is 1. The molecule has 0 bridgehead atoms. The third-order valence-electron chi connectivity index (χ3n) is 6.19. The van der Waals surface area contributed by atoms with Gasteiger partial charge >= 0.3 is 0 Å². The molecule has 0 atom stereocenters. The van der Waals surface area contributed by atoms with Crippen LogP contribution in [0.25, 0.3) is 21.9 Å². The van der Waals surface area contributed by atoms with Crippen LogP contribution in [-0.4, -0.2) is 54.2 Å². The molecule has 7 nitrogen and oxygen atoms in total. The summed E-state index contributed by atoms with van der Waals surface area (Å²) in [7, 11) is 1.67. The van der Waals surface area contributed by atoms with Crippen LogP contribution in [0, 0.1) is 13.8 Å². The van der Waals surface area contributed by atoms with Crippen LogP contribution in [0.5, 0.6) is 5.75 Å². The average molecular weight is 431 g/mol. The molecule has 5 rings (SSSR count). The number of fused-ring (bicyclic) bond motifs is 2. The SMILES string of the molecule is COc1cccc2c(C)cc(N3CCN(C(=O)Cc4noc5ccc(C)cc45)CC3)nc12. The smallest absolute Gasteiger partial charge is 0.228 e. The first-order valence-corrected chi connectivity index (χ1v) is 10.9. The lowest BCUT2D eigenvalue weighted by atomic mass is 10.1. The summed E-state index contributed by atoms with van der Waals surface area (Å²) >= 11 is 0. The van der Waals surface area contributed by atoms with Gasteiger partial charge in [-0.25, -0.2) is 4.98 Å². The van der Waals surface area contributed by atoms with Crippen LogP contribution in [0.3, 0.4) is 0 Å². The number of aryl methyl sites for hydroxylation is 2. The molecule has 1 saturated heterocycles. The van der Waals surface area contributed by atoms with Gasteiger partial charge in [-0.05, 0) is 43.7 Å². The van der Waals surface area contributed by atoms with E-state index in [0.717, 1.165) is 57.7 Å². The van der Waals surface area contributed by atoms with Gasteiger partial charge in [0.1, 0.15) is 22.8 Å². The Morgan fingerprint density at radius 2 is 1.88 bits per heavy atom. The molecule has 2 aromatic carbocycles. The molecule has 1 fully saturated rings. The minimum absolute atomic E-state index is 0.0747. The molecule has 1 aliphatic rings. The van der Waals surface area contributed by atoms with E-state index in [-0.39, 0.29) is 12.3 Å². The Morgan fingerprint density at radius 1 is 1.06 bits per heavy atom. The van der Waals surface area contributed by atoms with Gasteiger partial charge in [-0.2, -0.15) is 0 Å². The maximum Gasteiger partial charge on any atom is 0.228 e. The van der Waals surface area contributed by atoms with Gasteiger partial charge < -0.3 is 19.1 Å². The van der Waals surface area contributed by atoms with E-state index in [1.165, 1.54) is 0 Å². The summed E-state index contributed by atoms with van der Waals surface area (Å²) in [6.07, 6.45) is 0.251. The number of benzene rings is 2. The quantitative estimate of drug-likeness (QED) is 0.489. The first kappa shape index (κ1) is 20.3. The highest BCUT2D eigenvalue weighted by molar-refractivity contribution is 5.89. The van der Waals surface area contributed by atoms with Crippen molar-refractivity contribution >= 4 is 33.6 Å². The molecular weight excluding hydrogens is 404 g/mol. The lowest BCUT2D eigenvalue weighted by Gasteiger charge is -2.35. The predicted octanol–water partition coefficient (Wildman–Crippen LogP) is 3.89. The Balaban J connectivity index is 1.29. The fourth-order valence-electron chi connectivity index (χ4n) is 4.37. The van der Waals surface area contributed by atoms with Crippen molar-refractivity contribution in [1.82, 2.24) is 15.0 Å². The molecule has 2 aromatic heterocycles. The van der Waals surface area contributed by atoms with Crippen LogP contribution in [0.2, 0.25) is 0 Å². The summed E-state index contributed by atoms with van der Waals surface area (Å²) < 4.78 is 10.9. The Kier molecular flexibility index (Phi) is 5.17. The molecule has 7 heteroatoms. The highest BCUT2D eigenvalue weighted by atomic mass is 16.5. The lowest BCUT2D eigenvalue weighted by molar-refractivity contribution is -0.130. The van der Waals surface area contributed by atoms with Gasteiger partial charge in [0.15, 0.2) is 5.58 Å². The molecular formula is C25H26N4O3. The average Bonchev–Trinajstić information content (AvgIpc) is 3.20. The molecule has 3 heterocycles. The number of pyridine rings is 1. The molecule has 32 heavy (non-hydrogen) atoms. The van der Waals surface area contributed by atoms with Gasteiger partial charge in [-0.1, -0.05) is 28.9 Å². The molecule has 0 spiro atoms. The Hall–Kier alpha value is -3.61. The van der Waals surface area contributed by atoms with Crippen molar-refractivity contribution in [3.63, 3.8) is 0 Å². The summed E-state index contributed by atoms with van der Waals surface area (Å²) in [4.78, 5) is 22.0. The number of methoxy groups -OCH3 is 1. The second-order valence-electron chi connectivity index (χ2n) is 8.33. The van der Waals surface area contributed by atoms with Crippen molar-refractivity contribution in [3.05, 3.63) is 59.3 Å². The molecule has 0 unspecified atom stereocenters. The zero-order valence-corrected chi connectivity index (χ0v) is 18.6. The van der Waals surface area contributed by atoms with E-state index in [0.29, 0.717) is 18.8 Å². The number of hydrogen-bond acceptors (Lipinski definition) is 6. The fourth-order valence-corrected chi connectivity index (χ4v) is 4.37. The van der Waals surface area contributed by atoms with E-state index in [4.69, 9.17) is 14.2 Å². The number of amides is 1. The number of carbonyl (C=O) groups is 1. The van der Waals surface area contributed by atoms with Gasteiger partial charge in [0, 0.05) is 37.0 Å². The zero-order valence-electron chi connectivity index (χ0n) is 18.6. The molecule has 0 aliphatic carbocycles. The first-order valence-electron chi connectivity index (χ1n) is 10.9. The molecule has 0 N–H and O–H groups in total. The maximum atomic E-state index is 12.9. The number of piperazine rings is 1. The van der Waals surface area contributed by atoms with Crippen molar-refractivity contribution in [2.75, 3.05) is 38.2 Å². The Bertz CT molecular complexity index is 1310. The minimum Gasteiger partial charge on any atom is -0.494 e. The van der Waals surface area contributed by atoms with Crippen molar-refractivity contribution in [2.45, 2.75) is 20.3 Å². The number of carbonyl (C=O) groups excluding carboxylic acids is 1. The van der Waals surface area contributed by atoms with Gasteiger partial charge in [-0.3, -0.25) is 4.79 Å². The van der Waals surface area contributed by atoms with E-state index in [1.54, 1.807) is 7.11 Å². The van der Waals surface area contributed by atoms with Crippen molar-refractivity contribution in [3.8, 4) is 5.75 Å². The zero-order chi connectivity index (χ0) is 22.2. The lowest BCUT2D eigenvalue weighted by Crippen LogP contribution is -2.49. The summed E-state index contributed by atoms with van der Waals surface area (Å²) in [5.41, 5.74) is 4.58. The largest absolute Gasteiger partial charge is 0.494 e. The molecule has 164 valence electrons. The van der Waals surface area contributed by atoms with Crippen molar-refractivity contribution in [2.24, 2.45) is 0 Å². The van der Waals surface area contributed by atoms with Crippen LogP contribution in [0.4, 0.5) is 5.82 Å². The van der Waals surface area contributed by atoms with Crippen LogP contribution >= 0.6 is 0 Å². The fraction of sp³-hybridized carbons (Fsp3) is 0.320. The van der Waals surface area contributed by atoms with Gasteiger partial charge in [-0.15, -0.1) is 0 Å². The molecule has 1 aliphatic heterocycles. The van der Waals surface area contributed by atoms with Crippen LogP contribution < -0.4 is 9.64 Å². The number of hydrogen-bond donors (Lipinski definition) is 0. The van der Waals surface area contributed by atoms with Crippen LogP contribution in [-0.2, 0) is 11.2 Å². The molecule has 0 saturated carbocycles. The van der Waals surface area contributed by atoms with Gasteiger partial charge in [0.2, 0.25) is 5.91 Å². The third kappa shape index (κ3) is 3.64. The number of para-hydroxylation sites is 1. The van der Waals surface area contributed by atoms with E-state index in [1.807, 2.05) is 42.2 Å². The number of anilines is 1. The second-order valence-corrected chi connectivity index (χ2v) is 8.33. The summed E-state index contributed by atoms with van der Waals surface area (Å²) in [6, 6.07) is 14.0. The Labute approximate surface area is 186 Å². The standard InChI is InChI=1S/C25H26N4O3/c1-16-7-8-21-19(13-16)20(27-32-21)15-24(30)29-11-9-28(10-12-29)23-14-17(2)18-5-4-6-22(31-3)25(18)26-23/h4-8,13-14H,9-12,15H2,1-3H3. The highest BCUT2D eigenvalue weighted by Gasteiger charge is 2.24. The summed E-state index contributed by atoms with van der Waals surface area (Å²) in [6.45, 7) is 6.89. The number of nitrogens with zero attached hydrogens (tertiary/aromatic N) is 4. The maximum absolute atomic E-state index is 12.9. The van der Waals surface area contributed by atoms with E-state index in [2.05, 4.69) is 29.1 Å². The monoisotopic (exact) mass is 430 g/mol. The van der Waals surface area contributed by atoms with Gasteiger partial charge in [0.05, 0.1) is 13.5 Å². The first-order chi connectivity index (χ1) is 15.5. The molecule has 1 amide bonds. The topological polar surface area (TPSA) is 71.7 Å². The van der Waals surface area contributed by atoms with Crippen molar-refractivity contribution in [1.29, 1.82) is 0 Å². The van der Waals surface area contributed by atoms with Gasteiger partial charge in [0.25, 0.3) is 0 Å². The van der Waals surface area contributed by atoms with Crippen LogP contribution in [0.15, 0.2) is 47.0 Å².